The third kappa shape index (κ3) is 2.68. The Kier molecular flexibility index (Phi) is 3.32. The number of aromatic nitrogens is 1. The zero-order chi connectivity index (χ0) is 13.1. The van der Waals surface area contributed by atoms with Gasteiger partial charge in [-0.1, -0.05) is 6.07 Å². The van der Waals surface area contributed by atoms with Crippen LogP contribution in [0.3, 0.4) is 0 Å². The van der Waals surface area contributed by atoms with Crippen molar-refractivity contribution in [2.45, 2.75) is 20.4 Å². The first kappa shape index (κ1) is 12.2. The summed E-state index contributed by atoms with van der Waals surface area (Å²) in [5, 5.41) is 2.75. The molecule has 0 spiro atoms. The Morgan fingerprint density at radius 1 is 1.44 bits per heavy atom. The van der Waals surface area contributed by atoms with E-state index in [1.807, 2.05) is 13.0 Å². The molecule has 18 heavy (non-hydrogen) atoms. The smallest absolute Gasteiger partial charge is 0.252 e. The van der Waals surface area contributed by atoms with Gasteiger partial charge in [-0.2, -0.15) is 0 Å². The molecule has 0 saturated heterocycles. The summed E-state index contributed by atoms with van der Waals surface area (Å²) in [6, 6.07) is 5.24. The molecule has 0 fully saturated rings. The maximum Gasteiger partial charge on any atom is 0.252 e. The Labute approximate surface area is 105 Å². The number of anilines is 1. The first-order valence-corrected chi connectivity index (χ1v) is 5.62. The lowest BCUT2D eigenvalue weighted by atomic mass is 10.1. The molecular weight excluding hydrogens is 230 g/mol. The molecule has 0 aliphatic heterocycles. The standard InChI is InChI=1S/C13H15N3O2/c1-8-3-4-10(14)5-11(8)13(17)16-7-12-15-6-9(2)18-12/h3-6H,7,14H2,1-2H3,(H,16,17). The fraction of sp³-hybridized carbons (Fsp3) is 0.231. The van der Waals surface area contributed by atoms with Gasteiger partial charge in [-0.15, -0.1) is 0 Å². The van der Waals surface area contributed by atoms with Crippen LogP contribution in [0, 0.1) is 13.8 Å². The first-order valence-electron chi connectivity index (χ1n) is 5.62. The third-order valence-corrected chi connectivity index (χ3v) is 2.58. The number of carbonyl (C=O) groups is 1. The van der Waals surface area contributed by atoms with Crippen molar-refractivity contribution >= 4 is 11.6 Å². The van der Waals surface area contributed by atoms with Crippen molar-refractivity contribution in [3.8, 4) is 0 Å². The number of nitrogens with zero attached hydrogens (tertiary/aromatic N) is 1. The van der Waals surface area contributed by atoms with E-state index >= 15 is 0 Å². The third-order valence-electron chi connectivity index (χ3n) is 2.58. The molecule has 3 N–H and O–H groups in total. The quantitative estimate of drug-likeness (QED) is 0.808. The number of amides is 1. The molecule has 1 heterocycles. The fourth-order valence-electron chi connectivity index (χ4n) is 1.62. The molecule has 0 atom stereocenters. The zero-order valence-corrected chi connectivity index (χ0v) is 10.4. The molecule has 0 unspecified atom stereocenters. The van der Waals surface area contributed by atoms with E-state index in [0.29, 0.717) is 17.1 Å². The lowest BCUT2D eigenvalue weighted by molar-refractivity contribution is 0.0946. The van der Waals surface area contributed by atoms with Crippen LogP contribution in [0.15, 0.2) is 28.8 Å². The number of nitrogens with one attached hydrogen (secondary N) is 1. The highest BCUT2D eigenvalue weighted by Gasteiger charge is 2.10. The number of rotatable bonds is 3. The average Bonchev–Trinajstić information content (AvgIpc) is 2.75. The number of oxazole rings is 1. The van der Waals surface area contributed by atoms with Crippen LogP contribution in [-0.2, 0) is 6.54 Å². The Hall–Kier alpha value is -2.30. The number of aryl methyl sites for hydroxylation is 2. The summed E-state index contributed by atoms with van der Waals surface area (Å²) in [7, 11) is 0. The molecule has 1 aromatic carbocycles. The van der Waals surface area contributed by atoms with Gasteiger partial charge in [0.15, 0.2) is 0 Å². The molecule has 0 radical (unpaired) electrons. The topological polar surface area (TPSA) is 81.2 Å². The highest BCUT2D eigenvalue weighted by atomic mass is 16.4. The number of hydrogen-bond acceptors (Lipinski definition) is 4. The van der Waals surface area contributed by atoms with Crippen LogP contribution in [0.1, 0.15) is 27.6 Å². The second kappa shape index (κ2) is 4.91. The van der Waals surface area contributed by atoms with E-state index in [9.17, 15) is 4.79 Å². The van der Waals surface area contributed by atoms with Gasteiger partial charge in [0.05, 0.1) is 12.7 Å². The van der Waals surface area contributed by atoms with Gasteiger partial charge in [-0.3, -0.25) is 4.79 Å². The molecule has 1 amide bonds. The number of benzene rings is 1. The SMILES string of the molecule is Cc1cnc(CNC(=O)c2cc(N)ccc2C)o1. The fourth-order valence-corrected chi connectivity index (χ4v) is 1.62. The van der Waals surface area contributed by atoms with E-state index in [-0.39, 0.29) is 12.5 Å². The summed E-state index contributed by atoms with van der Waals surface area (Å²) >= 11 is 0. The highest BCUT2D eigenvalue weighted by Crippen LogP contribution is 2.12. The number of carbonyl (C=O) groups excluding carboxylic acids is 1. The van der Waals surface area contributed by atoms with E-state index in [2.05, 4.69) is 10.3 Å². The first-order chi connectivity index (χ1) is 8.56. The predicted octanol–water partition coefficient (Wildman–Crippen LogP) is 1.80. The highest BCUT2D eigenvalue weighted by molar-refractivity contribution is 5.96. The Morgan fingerprint density at radius 2 is 2.22 bits per heavy atom. The van der Waals surface area contributed by atoms with Crippen LogP contribution < -0.4 is 11.1 Å². The summed E-state index contributed by atoms with van der Waals surface area (Å²) in [6.07, 6.45) is 1.62. The number of nitrogen functional groups attached to an aromatic ring is 1. The molecule has 5 nitrogen and oxygen atoms in total. The van der Waals surface area contributed by atoms with Crippen LogP contribution in [0.2, 0.25) is 0 Å². The molecule has 2 aromatic rings. The normalized spacial score (nSPS) is 10.3. The Morgan fingerprint density at radius 3 is 2.89 bits per heavy atom. The molecule has 5 heteroatoms. The van der Waals surface area contributed by atoms with Crippen LogP contribution in [0.5, 0.6) is 0 Å². The van der Waals surface area contributed by atoms with Crippen LogP contribution in [-0.4, -0.2) is 10.9 Å². The predicted molar refractivity (Wildman–Crippen MR) is 68.0 cm³/mol. The lowest BCUT2D eigenvalue weighted by Gasteiger charge is -2.07. The van der Waals surface area contributed by atoms with Crippen molar-refractivity contribution in [2.75, 3.05) is 5.73 Å². The van der Waals surface area contributed by atoms with Gasteiger partial charge >= 0.3 is 0 Å². The molecule has 2 rings (SSSR count). The average molecular weight is 245 g/mol. The van der Waals surface area contributed by atoms with Crippen molar-refractivity contribution in [1.29, 1.82) is 0 Å². The minimum atomic E-state index is -0.185. The van der Waals surface area contributed by atoms with Crippen LogP contribution >= 0.6 is 0 Å². The lowest BCUT2D eigenvalue weighted by Crippen LogP contribution is -2.23. The van der Waals surface area contributed by atoms with Gasteiger partial charge in [0.2, 0.25) is 5.89 Å². The van der Waals surface area contributed by atoms with Crippen molar-refractivity contribution in [3.05, 3.63) is 47.2 Å². The van der Waals surface area contributed by atoms with Gasteiger partial charge in [0.25, 0.3) is 5.91 Å². The van der Waals surface area contributed by atoms with E-state index in [1.54, 1.807) is 25.3 Å². The summed E-state index contributed by atoms with van der Waals surface area (Å²) in [6.45, 7) is 3.94. The van der Waals surface area contributed by atoms with Gasteiger partial charge in [-0.05, 0) is 31.5 Å². The molecule has 0 aliphatic rings. The Balaban J connectivity index is 2.05. The maximum absolute atomic E-state index is 12.0. The molecule has 0 saturated carbocycles. The molecule has 0 aliphatic carbocycles. The van der Waals surface area contributed by atoms with Crippen molar-refractivity contribution in [2.24, 2.45) is 0 Å². The van der Waals surface area contributed by atoms with Gasteiger partial charge < -0.3 is 15.5 Å². The molecule has 1 aromatic heterocycles. The zero-order valence-electron chi connectivity index (χ0n) is 10.4. The largest absolute Gasteiger partial charge is 0.444 e. The number of nitrogens with two attached hydrogens (primary N) is 1. The monoisotopic (exact) mass is 245 g/mol. The van der Waals surface area contributed by atoms with Crippen molar-refractivity contribution < 1.29 is 9.21 Å². The summed E-state index contributed by atoms with van der Waals surface area (Å²) in [4.78, 5) is 16.0. The van der Waals surface area contributed by atoms with Gasteiger partial charge in [0.1, 0.15) is 5.76 Å². The Bertz CT molecular complexity index is 575. The second-order valence-electron chi connectivity index (χ2n) is 4.12. The summed E-state index contributed by atoms with van der Waals surface area (Å²) < 4.78 is 5.27. The van der Waals surface area contributed by atoms with E-state index in [4.69, 9.17) is 10.2 Å². The van der Waals surface area contributed by atoms with E-state index < -0.39 is 0 Å². The maximum atomic E-state index is 12.0. The molecule has 94 valence electrons. The van der Waals surface area contributed by atoms with Crippen LogP contribution in [0.4, 0.5) is 5.69 Å². The number of hydrogen-bond donors (Lipinski definition) is 2. The minimum Gasteiger partial charge on any atom is -0.444 e. The van der Waals surface area contributed by atoms with E-state index in [1.165, 1.54) is 0 Å². The second-order valence-corrected chi connectivity index (χ2v) is 4.12. The van der Waals surface area contributed by atoms with Crippen molar-refractivity contribution in [3.63, 3.8) is 0 Å². The minimum absolute atomic E-state index is 0.185. The molecular formula is C13H15N3O2. The van der Waals surface area contributed by atoms with Crippen molar-refractivity contribution in [1.82, 2.24) is 10.3 Å². The van der Waals surface area contributed by atoms with Crippen LogP contribution in [0.25, 0.3) is 0 Å². The summed E-state index contributed by atoms with van der Waals surface area (Å²) in [5.41, 5.74) is 7.68. The van der Waals surface area contributed by atoms with Gasteiger partial charge in [0, 0.05) is 11.3 Å². The van der Waals surface area contributed by atoms with Gasteiger partial charge in [-0.25, -0.2) is 4.98 Å². The van der Waals surface area contributed by atoms with E-state index in [0.717, 1.165) is 11.3 Å². The summed E-state index contributed by atoms with van der Waals surface area (Å²) in [5.74, 6) is 1.03. The molecule has 0 bridgehead atoms.